The van der Waals surface area contributed by atoms with Gasteiger partial charge in [0.05, 0.1) is 6.21 Å². The Morgan fingerprint density at radius 2 is 1.83 bits per heavy atom. The molecule has 2 aromatic rings. The number of carbonyl (C=O) groups is 1. The van der Waals surface area contributed by atoms with Crippen LogP contribution in [-0.4, -0.2) is 25.0 Å². The maximum Gasteiger partial charge on any atom is 0.277 e. The minimum absolute atomic E-state index is 0.0657. The number of amides is 1. The third-order valence-corrected chi connectivity index (χ3v) is 4.18. The Bertz CT molecular complexity index is 680. The second-order valence-electron chi connectivity index (χ2n) is 5.58. The zero-order valence-electron chi connectivity index (χ0n) is 14.2. The maximum absolute atomic E-state index is 11.7. The molecule has 2 rings (SSSR count). The number of nitrogens with one attached hydrogen (secondary N) is 1. The van der Waals surface area contributed by atoms with Crippen molar-refractivity contribution in [3.05, 3.63) is 59.7 Å². The molecular weight excluding hydrogens is 320 g/mol. The third kappa shape index (κ3) is 5.74. The van der Waals surface area contributed by atoms with Crippen molar-refractivity contribution >= 4 is 23.9 Å². The molecule has 0 heterocycles. The van der Waals surface area contributed by atoms with Gasteiger partial charge in [0, 0.05) is 4.90 Å². The summed E-state index contributed by atoms with van der Waals surface area (Å²) in [6.45, 7) is 4.20. The number of nitrogens with zero attached hydrogens (tertiary/aromatic N) is 1. The molecule has 0 aromatic heterocycles. The fraction of sp³-hybridized carbons (Fsp3) is 0.263. The Balaban J connectivity index is 1.77. The number of ether oxygens (including phenoxy) is 1. The first-order valence-electron chi connectivity index (χ1n) is 7.77. The fourth-order valence-electron chi connectivity index (χ4n) is 2.00. The minimum atomic E-state index is -0.292. The van der Waals surface area contributed by atoms with E-state index in [4.69, 9.17) is 4.74 Å². The minimum Gasteiger partial charge on any atom is -0.484 e. The van der Waals surface area contributed by atoms with Crippen LogP contribution in [0.15, 0.2) is 58.5 Å². The summed E-state index contributed by atoms with van der Waals surface area (Å²) >= 11 is 1.68. The van der Waals surface area contributed by atoms with Crippen molar-refractivity contribution in [3.8, 4) is 5.75 Å². The Morgan fingerprint density at radius 1 is 1.17 bits per heavy atom. The normalized spacial score (nSPS) is 11.0. The molecule has 0 unspecified atom stereocenters. The smallest absolute Gasteiger partial charge is 0.277 e. The number of thioether (sulfide) groups is 1. The summed E-state index contributed by atoms with van der Waals surface area (Å²) in [5.74, 6) is 0.854. The monoisotopic (exact) mass is 342 g/mol. The molecule has 0 bridgehead atoms. The van der Waals surface area contributed by atoms with Gasteiger partial charge in [0.2, 0.25) is 0 Å². The third-order valence-electron chi connectivity index (χ3n) is 3.44. The molecule has 0 saturated carbocycles. The number of rotatable bonds is 7. The summed E-state index contributed by atoms with van der Waals surface area (Å²) in [6.07, 6.45) is 3.64. The van der Waals surface area contributed by atoms with Crippen molar-refractivity contribution in [2.75, 3.05) is 12.9 Å². The van der Waals surface area contributed by atoms with Gasteiger partial charge in [-0.25, -0.2) is 5.43 Å². The van der Waals surface area contributed by atoms with E-state index in [-0.39, 0.29) is 12.5 Å². The Labute approximate surface area is 147 Å². The van der Waals surface area contributed by atoms with Crippen molar-refractivity contribution in [1.82, 2.24) is 5.43 Å². The van der Waals surface area contributed by atoms with Gasteiger partial charge >= 0.3 is 0 Å². The highest BCUT2D eigenvalue weighted by Gasteiger charge is 2.03. The highest BCUT2D eigenvalue weighted by Crippen LogP contribution is 2.18. The Morgan fingerprint density at radius 3 is 2.42 bits per heavy atom. The molecule has 0 radical (unpaired) electrons. The predicted molar refractivity (Wildman–Crippen MR) is 100.0 cm³/mol. The molecule has 0 saturated heterocycles. The van der Waals surface area contributed by atoms with Crippen LogP contribution in [0.3, 0.4) is 0 Å². The van der Waals surface area contributed by atoms with E-state index in [1.54, 1.807) is 18.0 Å². The maximum atomic E-state index is 11.7. The molecule has 0 aliphatic heterocycles. The van der Waals surface area contributed by atoms with E-state index < -0.39 is 0 Å². The summed E-state index contributed by atoms with van der Waals surface area (Å²) in [5.41, 5.74) is 4.63. The molecule has 0 spiro atoms. The van der Waals surface area contributed by atoms with Crippen LogP contribution in [0.1, 0.15) is 30.9 Å². The predicted octanol–water partition coefficient (Wildman–Crippen LogP) is 4.06. The van der Waals surface area contributed by atoms with Gasteiger partial charge in [0.1, 0.15) is 5.75 Å². The zero-order chi connectivity index (χ0) is 17.4. The van der Waals surface area contributed by atoms with Crippen LogP contribution in [0, 0.1) is 0 Å². The molecule has 0 aliphatic rings. The highest BCUT2D eigenvalue weighted by atomic mass is 32.2. The van der Waals surface area contributed by atoms with E-state index in [2.05, 4.69) is 24.4 Å². The molecule has 2 aromatic carbocycles. The van der Waals surface area contributed by atoms with E-state index in [1.165, 1.54) is 10.5 Å². The lowest BCUT2D eigenvalue weighted by Gasteiger charge is -2.08. The summed E-state index contributed by atoms with van der Waals surface area (Å²) in [7, 11) is 0. The topological polar surface area (TPSA) is 50.7 Å². The number of hydrogen-bond acceptors (Lipinski definition) is 4. The summed E-state index contributed by atoms with van der Waals surface area (Å²) in [4.78, 5) is 12.9. The Hall–Kier alpha value is -2.27. The quantitative estimate of drug-likeness (QED) is 0.469. The molecule has 0 fully saturated rings. The SMILES string of the molecule is CSc1ccc(C=NNC(=O)COc2ccc(C(C)C)cc2)cc1. The second-order valence-corrected chi connectivity index (χ2v) is 6.46. The highest BCUT2D eigenvalue weighted by molar-refractivity contribution is 7.98. The first kappa shape index (κ1) is 18.1. The van der Waals surface area contributed by atoms with Gasteiger partial charge in [-0.15, -0.1) is 11.8 Å². The summed E-state index contributed by atoms with van der Waals surface area (Å²) in [6, 6.07) is 15.7. The van der Waals surface area contributed by atoms with E-state index >= 15 is 0 Å². The fourth-order valence-corrected chi connectivity index (χ4v) is 2.41. The molecular formula is C19H22N2O2S. The lowest BCUT2D eigenvalue weighted by atomic mass is 10.0. The van der Waals surface area contributed by atoms with Gasteiger partial charge in [-0.2, -0.15) is 5.10 Å². The number of hydrogen-bond donors (Lipinski definition) is 1. The van der Waals surface area contributed by atoms with E-state index in [1.807, 2.05) is 54.8 Å². The summed E-state index contributed by atoms with van der Waals surface area (Å²) in [5, 5.41) is 3.94. The van der Waals surface area contributed by atoms with Crippen molar-refractivity contribution in [2.45, 2.75) is 24.7 Å². The number of carbonyl (C=O) groups excluding carboxylic acids is 1. The van der Waals surface area contributed by atoms with E-state index in [9.17, 15) is 4.79 Å². The van der Waals surface area contributed by atoms with Gasteiger partial charge in [-0.3, -0.25) is 4.79 Å². The van der Waals surface area contributed by atoms with Crippen molar-refractivity contribution in [1.29, 1.82) is 0 Å². The van der Waals surface area contributed by atoms with Crippen molar-refractivity contribution in [3.63, 3.8) is 0 Å². The van der Waals surface area contributed by atoms with Gasteiger partial charge < -0.3 is 4.74 Å². The van der Waals surface area contributed by atoms with E-state index in [0.717, 1.165) is 5.56 Å². The molecule has 24 heavy (non-hydrogen) atoms. The van der Waals surface area contributed by atoms with Gasteiger partial charge in [-0.05, 0) is 47.6 Å². The molecule has 1 amide bonds. The largest absolute Gasteiger partial charge is 0.484 e. The molecule has 126 valence electrons. The molecule has 4 nitrogen and oxygen atoms in total. The van der Waals surface area contributed by atoms with Crippen LogP contribution < -0.4 is 10.2 Å². The first-order valence-corrected chi connectivity index (χ1v) is 8.99. The second kappa shape index (κ2) is 9.13. The lowest BCUT2D eigenvalue weighted by molar-refractivity contribution is -0.123. The standard InChI is InChI=1S/C19H22N2O2S/c1-14(2)16-6-8-17(9-7-16)23-13-19(22)21-20-12-15-4-10-18(24-3)11-5-15/h4-12,14H,13H2,1-3H3,(H,21,22). The average molecular weight is 342 g/mol. The first-order chi connectivity index (χ1) is 11.6. The molecule has 1 N–H and O–H groups in total. The Kier molecular flexibility index (Phi) is 6.88. The van der Waals surface area contributed by atoms with Gasteiger partial charge in [-0.1, -0.05) is 38.1 Å². The van der Waals surface area contributed by atoms with Crippen molar-refractivity contribution in [2.24, 2.45) is 5.10 Å². The van der Waals surface area contributed by atoms with Crippen LogP contribution in [0.25, 0.3) is 0 Å². The molecule has 5 heteroatoms. The van der Waals surface area contributed by atoms with Crippen LogP contribution in [0.5, 0.6) is 5.75 Å². The summed E-state index contributed by atoms with van der Waals surface area (Å²) < 4.78 is 5.45. The van der Waals surface area contributed by atoms with Crippen LogP contribution >= 0.6 is 11.8 Å². The lowest BCUT2D eigenvalue weighted by Crippen LogP contribution is -2.24. The number of benzene rings is 2. The molecule has 0 atom stereocenters. The van der Waals surface area contributed by atoms with Gasteiger partial charge in [0.25, 0.3) is 5.91 Å². The molecule has 0 aliphatic carbocycles. The van der Waals surface area contributed by atoms with Crippen LogP contribution in [0.4, 0.5) is 0 Å². The van der Waals surface area contributed by atoms with E-state index in [0.29, 0.717) is 11.7 Å². The van der Waals surface area contributed by atoms with Crippen molar-refractivity contribution < 1.29 is 9.53 Å². The van der Waals surface area contributed by atoms with Gasteiger partial charge in [0.15, 0.2) is 6.61 Å². The zero-order valence-corrected chi connectivity index (χ0v) is 15.0. The number of hydrazone groups is 1. The van der Waals surface area contributed by atoms with Crippen LogP contribution in [0.2, 0.25) is 0 Å². The average Bonchev–Trinajstić information content (AvgIpc) is 2.61. The van der Waals surface area contributed by atoms with Crippen LogP contribution in [-0.2, 0) is 4.79 Å².